The van der Waals surface area contributed by atoms with Crippen molar-refractivity contribution in [2.45, 2.75) is 43.7 Å². The van der Waals surface area contributed by atoms with Gasteiger partial charge in [-0.1, -0.05) is 83.9 Å². The number of fused-ring (bicyclic) bond motifs is 1. The molecule has 1 heterocycles. The van der Waals surface area contributed by atoms with Crippen LogP contribution < -0.4 is 10.0 Å². The molecular formula is C36H36N4O5S. The summed E-state index contributed by atoms with van der Waals surface area (Å²) in [6.45, 7) is 3.80. The molecule has 236 valence electrons. The summed E-state index contributed by atoms with van der Waals surface area (Å²) in [5, 5.41) is 3.64. The number of rotatable bonds is 11. The lowest BCUT2D eigenvalue weighted by molar-refractivity contribution is -0.130. The van der Waals surface area contributed by atoms with E-state index in [9.17, 15) is 22.8 Å². The normalized spacial score (nSPS) is 12.7. The quantitative estimate of drug-likeness (QED) is 0.194. The number of carbonyl (C=O) groups excluding carboxylic acids is 3. The Labute approximate surface area is 268 Å². The van der Waals surface area contributed by atoms with E-state index in [-0.39, 0.29) is 23.6 Å². The van der Waals surface area contributed by atoms with Gasteiger partial charge in [0.25, 0.3) is 21.8 Å². The smallest absolute Gasteiger partial charge is 0.264 e. The zero-order valence-electron chi connectivity index (χ0n) is 25.9. The molecule has 0 bridgehead atoms. The summed E-state index contributed by atoms with van der Waals surface area (Å²) in [5.74, 6) is -1.85. The van der Waals surface area contributed by atoms with Crippen LogP contribution >= 0.6 is 0 Å². The Kier molecular flexibility index (Phi) is 9.67. The maximum Gasteiger partial charge on any atom is 0.264 e. The van der Waals surface area contributed by atoms with E-state index in [1.165, 1.54) is 17.0 Å². The maximum absolute atomic E-state index is 14.2. The molecule has 0 fully saturated rings. The van der Waals surface area contributed by atoms with Crippen LogP contribution in [0, 0.1) is 13.8 Å². The van der Waals surface area contributed by atoms with Crippen LogP contribution in [-0.4, -0.2) is 55.2 Å². The number of nitrogens with zero attached hydrogens (tertiary/aromatic N) is 1. The van der Waals surface area contributed by atoms with Crippen LogP contribution in [0.2, 0.25) is 0 Å². The largest absolute Gasteiger partial charge is 0.361 e. The molecule has 4 aromatic carbocycles. The van der Waals surface area contributed by atoms with Gasteiger partial charge in [0, 0.05) is 42.6 Å². The number of aromatic amines is 1. The fourth-order valence-electron chi connectivity index (χ4n) is 5.55. The van der Waals surface area contributed by atoms with Crippen molar-refractivity contribution in [3.8, 4) is 0 Å². The van der Waals surface area contributed by atoms with Crippen LogP contribution in [-0.2, 0) is 32.5 Å². The minimum absolute atomic E-state index is 0.00130. The summed E-state index contributed by atoms with van der Waals surface area (Å²) >= 11 is 0. The fourth-order valence-corrected chi connectivity index (χ4v) is 6.59. The second-order valence-electron chi connectivity index (χ2n) is 11.4. The highest BCUT2D eigenvalue weighted by Crippen LogP contribution is 2.21. The third kappa shape index (κ3) is 7.52. The second-order valence-corrected chi connectivity index (χ2v) is 13.1. The number of aryl methyl sites for hydroxylation is 2. The van der Waals surface area contributed by atoms with Crippen LogP contribution in [0.1, 0.15) is 32.6 Å². The van der Waals surface area contributed by atoms with Crippen molar-refractivity contribution in [3.05, 3.63) is 137 Å². The van der Waals surface area contributed by atoms with E-state index in [2.05, 4.69) is 15.0 Å². The first-order valence-corrected chi connectivity index (χ1v) is 16.4. The van der Waals surface area contributed by atoms with E-state index in [0.29, 0.717) is 11.1 Å². The molecule has 3 amide bonds. The van der Waals surface area contributed by atoms with Crippen molar-refractivity contribution >= 4 is 38.6 Å². The average Bonchev–Trinajstić information content (AvgIpc) is 3.45. The Morgan fingerprint density at radius 1 is 0.783 bits per heavy atom. The van der Waals surface area contributed by atoms with Crippen LogP contribution in [0.3, 0.4) is 0 Å². The predicted molar refractivity (Wildman–Crippen MR) is 178 cm³/mol. The molecule has 10 heteroatoms. The molecule has 0 aliphatic heterocycles. The van der Waals surface area contributed by atoms with Gasteiger partial charge in [-0.2, -0.15) is 0 Å². The number of sulfonamides is 1. The Morgan fingerprint density at radius 3 is 2.07 bits per heavy atom. The molecule has 2 atom stereocenters. The van der Waals surface area contributed by atoms with E-state index in [1.807, 2.05) is 74.5 Å². The Morgan fingerprint density at radius 2 is 1.39 bits per heavy atom. The summed E-state index contributed by atoms with van der Waals surface area (Å²) in [5.41, 5.74) is 4.62. The molecule has 5 aromatic rings. The Bertz CT molecular complexity index is 1950. The van der Waals surface area contributed by atoms with Crippen molar-refractivity contribution in [1.29, 1.82) is 0 Å². The van der Waals surface area contributed by atoms with Crippen molar-refractivity contribution in [2.24, 2.45) is 0 Å². The van der Waals surface area contributed by atoms with Crippen LogP contribution in [0.5, 0.6) is 0 Å². The first kappa shape index (κ1) is 32.2. The molecule has 3 N–H and O–H groups in total. The van der Waals surface area contributed by atoms with Crippen molar-refractivity contribution in [2.75, 3.05) is 7.05 Å². The van der Waals surface area contributed by atoms with Crippen molar-refractivity contribution in [1.82, 2.24) is 19.9 Å². The van der Waals surface area contributed by atoms with Gasteiger partial charge < -0.3 is 15.2 Å². The van der Waals surface area contributed by atoms with E-state index >= 15 is 0 Å². The molecule has 46 heavy (non-hydrogen) atoms. The molecule has 1 aromatic heterocycles. The molecule has 5 rings (SSSR count). The highest BCUT2D eigenvalue weighted by atomic mass is 32.2. The standard InChI is InChI=1S/C36H36N4O5S/c1-24-18-25(2)20-27(19-24)36(43)40(3)33(21-26-12-6-4-7-13-26)35(42)38-32(22-28-23-37-31-17-11-10-16-30(28)31)34(41)39-46(44,45)29-14-8-5-9-15-29/h4-20,23,32-33,37H,21-22H2,1-3H3,(H,38,42)(H,39,41)/t32-,33+/m0/s1. The zero-order chi connectivity index (χ0) is 32.8. The first-order chi connectivity index (χ1) is 22.0. The molecule has 0 aliphatic carbocycles. The summed E-state index contributed by atoms with van der Waals surface area (Å²) in [4.78, 5) is 46.1. The maximum atomic E-state index is 14.2. The summed E-state index contributed by atoms with van der Waals surface area (Å²) < 4.78 is 28.4. The number of hydrogen-bond acceptors (Lipinski definition) is 5. The van der Waals surface area contributed by atoms with Gasteiger partial charge in [0.1, 0.15) is 12.1 Å². The summed E-state index contributed by atoms with van der Waals surface area (Å²) in [7, 11) is -2.67. The van der Waals surface area contributed by atoms with Gasteiger partial charge in [-0.25, -0.2) is 13.1 Å². The summed E-state index contributed by atoms with van der Waals surface area (Å²) in [6, 6.07) is 27.5. The molecule has 0 spiro atoms. The SMILES string of the molecule is Cc1cc(C)cc(C(=O)N(C)[C@H](Cc2ccccc2)C(=O)N[C@@H](Cc2c[nH]c3ccccc23)C(=O)NS(=O)(=O)c2ccccc2)c1. The van der Waals surface area contributed by atoms with Gasteiger partial charge in [0.05, 0.1) is 4.90 Å². The summed E-state index contributed by atoms with van der Waals surface area (Å²) in [6.07, 6.45) is 1.90. The number of para-hydroxylation sites is 1. The third-order valence-electron chi connectivity index (χ3n) is 7.85. The second kappa shape index (κ2) is 13.8. The molecule has 0 saturated heterocycles. The minimum atomic E-state index is -4.23. The third-order valence-corrected chi connectivity index (χ3v) is 9.21. The number of hydrogen-bond donors (Lipinski definition) is 3. The fraction of sp³-hybridized carbons (Fsp3) is 0.194. The Hall–Kier alpha value is -5.22. The van der Waals surface area contributed by atoms with Crippen LogP contribution in [0.4, 0.5) is 0 Å². The minimum Gasteiger partial charge on any atom is -0.361 e. The highest BCUT2D eigenvalue weighted by Gasteiger charge is 2.33. The van der Waals surface area contributed by atoms with E-state index < -0.39 is 33.9 Å². The van der Waals surface area contributed by atoms with Gasteiger partial charge in [0.15, 0.2) is 0 Å². The molecular weight excluding hydrogens is 600 g/mol. The van der Waals surface area contributed by atoms with Crippen molar-refractivity contribution in [3.63, 3.8) is 0 Å². The lowest BCUT2D eigenvalue weighted by atomic mass is 10.0. The van der Waals surface area contributed by atoms with Gasteiger partial charge in [0.2, 0.25) is 5.91 Å². The number of carbonyl (C=O) groups is 3. The lowest BCUT2D eigenvalue weighted by Gasteiger charge is -2.29. The van der Waals surface area contributed by atoms with Crippen LogP contribution in [0.15, 0.2) is 114 Å². The monoisotopic (exact) mass is 636 g/mol. The topological polar surface area (TPSA) is 128 Å². The number of H-pyrrole nitrogens is 1. The van der Waals surface area contributed by atoms with Crippen LogP contribution in [0.25, 0.3) is 10.9 Å². The number of aromatic nitrogens is 1. The van der Waals surface area contributed by atoms with Gasteiger partial charge >= 0.3 is 0 Å². The van der Waals surface area contributed by atoms with Crippen molar-refractivity contribution < 1.29 is 22.8 Å². The Balaban J connectivity index is 1.48. The molecule has 0 saturated carbocycles. The van der Waals surface area contributed by atoms with Gasteiger partial charge in [-0.15, -0.1) is 0 Å². The number of likely N-dealkylation sites (N-methyl/N-ethyl adjacent to an activating group) is 1. The number of nitrogens with one attached hydrogen (secondary N) is 3. The zero-order valence-corrected chi connectivity index (χ0v) is 26.7. The average molecular weight is 637 g/mol. The first-order valence-electron chi connectivity index (χ1n) is 14.9. The molecule has 0 unspecified atom stereocenters. The molecule has 0 radical (unpaired) electrons. The molecule has 9 nitrogen and oxygen atoms in total. The van der Waals surface area contributed by atoms with E-state index in [0.717, 1.165) is 27.6 Å². The van der Waals surface area contributed by atoms with E-state index in [1.54, 1.807) is 43.6 Å². The van der Waals surface area contributed by atoms with Gasteiger partial charge in [-0.05, 0) is 55.3 Å². The number of benzene rings is 4. The lowest BCUT2D eigenvalue weighted by Crippen LogP contribution is -2.56. The van der Waals surface area contributed by atoms with Gasteiger partial charge in [-0.3, -0.25) is 14.4 Å². The predicted octanol–water partition coefficient (Wildman–Crippen LogP) is 4.70. The van der Waals surface area contributed by atoms with E-state index in [4.69, 9.17) is 0 Å². The number of amides is 3. The highest BCUT2D eigenvalue weighted by molar-refractivity contribution is 7.90. The molecule has 0 aliphatic rings.